The monoisotopic (exact) mass is 381 g/mol. The number of benzene rings is 1. The zero-order chi connectivity index (χ0) is 17.5. The summed E-state index contributed by atoms with van der Waals surface area (Å²) in [5.41, 5.74) is 4.07. The lowest BCUT2D eigenvalue weighted by molar-refractivity contribution is 0.603. The highest BCUT2D eigenvalue weighted by molar-refractivity contribution is 7.94. The van der Waals surface area contributed by atoms with E-state index >= 15 is 0 Å². The number of hydrogen-bond donors (Lipinski definition) is 2. The number of anilines is 1. The minimum atomic E-state index is -3.70. The fraction of sp³-hybridized carbons (Fsp3) is 0.188. The number of sulfonamides is 1. The minimum absolute atomic E-state index is 0.217. The third kappa shape index (κ3) is 3.19. The molecule has 0 saturated carbocycles. The summed E-state index contributed by atoms with van der Waals surface area (Å²) >= 11 is 7.28. The molecule has 8 heteroatoms. The van der Waals surface area contributed by atoms with Crippen LogP contribution in [-0.2, 0) is 10.0 Å². The molecule has 0 unspecified atom stereocenters. The van der Waals surface area contributed by atoms with Crippen LogP contribution in [-0.4, -0.2) is 18.6 Å². The molecule has 3 rings (SSSR count). The van der Waals surface area contributed by atoms with E-state index in [-0.39, 0.29) is 4.21 Å². The number of H-pyrrole nitrogens is 1. The summed E-state index contributed by atoms with van der Waals surface area (Å²) < 4.78 is 27.9. The zero-order valence-electron chi connectivity index (χ0n) is 13.3. The van der Waals surface area contributed by atoms with Crippen molar-refractivity contribution in [2.24, 2.45) is 0 Å². The Balaban J connectivity index is 1.92. The van der Waals surface area contributed by atoms with Crippen molar-refractivity contribution in [3.05, 3.63) is 52.2 Å². The Labute approximate surface area is 149 Å². The lowest BCUT2D eigenvalue weighted by Gasteiger charge is -2.08. The Hall–Kier alpha value is -1.83. The van der Waals surface area contributed by atoms with Crippen LogP contribution in [0.3, 0.4) is 0 Å². The van der Waals surface area contributed by atoms with Gasteiger partial charge >= 0.3 is 0 Å². The number of nitrogens with one attached hydrogen (secondary N) is 2. The number of aryl methyl sites for hydroxylation is 2. The van der Waals surface area contributed by atoms with Gasteiger partial charge in [0.2, 0.25) is 0 Å². The second-order valence-corrected chi connectivity index (χ2v) is 8.93. The lowest BCUT2D eigenvalue weighted by Crippen LogP contribution is -2.11. The molecule has 0 radical (unpaired) electrons. The SMILES string of the molecule is Cc1ccc(NS(=O)(=O)c2ccc(-c3n[nH]c(C)c3C)s2)c(Cl)c1. The van der Waals surface area contributed by atoms with Crippen molar-refractivity contribution in [2.75, 3.05) is 4.72 Å². The molecule has 5 nitrogen and oxygen atoms in total. The van der Waals surface area contributed by atoms with Gasteiger partial charge in [-0.1, -0.05) is 17.7 Å². The van der Waals surface area contributed by atoms with Gasteiger partial charge in [-0.25, -0.2) is 8.42 Å². The third-order valence-corrected chi connectivity index (χ3v) is 6.96. The van der Waals surface area contributed by atoms with E-state index < -0.39 is 10.0 Å². The summed E-state index contributed by atoms with van der Waals surface area (Å²) in [7, 11) is -3.70. The van der Waals surface area contributed by atoms with E-state index in [1.165, 1.54) is 11.3 Å². The molecule has 126 valence electrons. The second-order valence-electron chi connectivity index (χ2n) is 5.53. The molecule has 24 heavy (non-hydrogen) atoms. The first-order valence-electron chi connectivity index (χ1n) is 7.18. The maximum Gasteiger partial charge on any atom is 0.271 e. The van der Waals surface area contributed by atoms with Crippen LogP contribution in [0.25, 0.3) is 10.6 Å². The molecule has 2 N–H and O–H groups in total. The van der Waals surface area contributed by atoms with Crippen LogP contribution in [0.5, 0.6) is 0 Å². The molecule has 0 spiro atoms. The van der Waals surface area contributed by atoms with Crippen molar-refractivity contribution in [1.29, 1.82) is 0 Å². The molecule has 0 fully saturated rings. The maximum absolute atomic E-state index is 12.6. The molecular weight excluding hydrogens is 366 g/mol. The van der Waals surface area contributed by atoms with Gasteiger partial charge in [-0.05, 0) is 56.2 Å². The van der Waals surface area contributed by atoms with Crippen LogP contribution in [0.1, 0.15) is 16.8 Å². The van der Waals surface area contributed by atoms with Crippen molar-refractivity contribution < 1.29 is 8.42 Å². The first kappa shape index (κ1) is 17.0. The minimum Gasteiger partial charge on any atom is -0.282 e. The number of nitrogens with zero attached hydrogens (tertiary/aromatic N) is 1. The van der Waals surface area contributed by atoms with E-state index in [0.717, 1.165) is 27.4 Å². The Kier molecular flexibility index (Phi) is 4.42. The van der Waals surface area contributed by atoms with Crippen LogP contribution in [0, 0.1) is 20.8 Å². The molecule has 0 aliphatic carbocycles. The van der Waals surface area contributed by atoms with Crippen molar-refractivity contribution in [2.45, 2.75) is 25.0 Å². The Morgan fingerprint density at radius 3 is 2.54 bits per heavy atom. The number of aromatic amines is 1. The number of thiophene rings is 1. The van der Waals surface area contributed by atoms with Crippen molar-refractivity contribution in [3.8, 4) is 10.6 Å². The molecule has 0 bridgehead atoms. The molecular formula is C16H16ClN3O2S2. The van der Waals surface area contributed by atoms with E-state index in [0.29, 0.717) is 10.7 Å². The summed E-state index contributed by atoms with van der Waals surface area (Å²) in [6, 6.07) is 8.52. The van der Waals surface area contributed by atoms with E-state index in [1.807, 2.05) is 20.8 Å². The third-order valence-electron chi connectivity index (χ3n) is 3.70. The number of hydrogen-bond acceptors (Lipinski definition) is 4. The quantitative estimate of drug-likeness (QED) is 0.697. The van der Waals surface area contributed by atoms with Crippen LogP contribution in [0.2, 0.25) is 5.02 Å². The Morgan fingerprint density at radius 2 is 1.92 bits per heavy atom. The van der Waals surface area contributed by atoms with E-state index in [9.17, 15) is 8.42 Å². The maximum atomic E-state index is 12.6. The number of halogens is 1. The molecule has 0 atom stereocenters. The molecule has 0 aliphatic heterocycles. The molecule has 2 heterocycles. The van der Waals surface area contributed by atoms with Crippen LogP contribution in [0.4, 0.5) is 5.69 Å². The summed E-state index contributed by atoms with van der Waals surface area (Å²) in [5, 5.41) is 7.52. The fourth-order valence-electron chi connectivity index (χ4n) is 2.21. The normalized spacial score (nSPS) is 11.7. The highest BCUT2D eigenvalue weighted by Gasteiger charge is 2.20. The van der Waals surface area contributed by atoms with Gasteiger partial charge in [-0.3, -0.25) is 9.82 Å². The fourth-order valence-corrected chi connectivity index (χ4v) is 4.99. The van der Waals surface area contributed by atoms with Crippen molar-refractivity contribution >= 4 is 38.6 Å². The highest BCUT2D eigenvalue weighted by atomic mass is 35.5. The smallest absolute Gasteiger partial charge is 0.271 e. The van der Waals surface area contributed by atoms with Gasteiger partial charge in [0.05, 0.1) is 15.6 Å². The van der Waals surface area contributed by atoms with Crippen LogP contribution in [0.15, 0.2) is 34.5 Å². The Morgan fingerprint density at radius 1 is 1.17 bits per heavy atom. The molecule has 3 aromatic rings. The standard InChI is InChI=1S/C16H16ClN3O2S2/c1-9-4-5-13(12(17)8-9)20-24(21,22)15-7-6-14(23-15)16-10(2)11(3)18-19-16/h4-8,20H,1-3H3,(H,18,19). The second kappa shape index (κ2) is 6.23. The van der Waals surface area contributed by atoms with Crippen molar-refractivity contribution in [3.63, 3.8) is 0 Å². The molecule has 0 amide bonds. The van der Waals surface area contributed by atoms with Crippen LogP contribution < -0.4 is 4.72 Å². The van der Waals surface area contributed by atoms with Gasteiger partial charge in [-0.15, -0.1) is 11.3 Å². The molecule has 2 aromatic heterocycles. The summed E-state index contributed by atoms with van der Waals surface area (Å²) in [4.78, 5) is 0.798. The largest absolute Gasteiger partial charge is 0.282 e. The Bertz CT molecular complexity index is 1010. The predicted molar refractivity (Wildman–Crippen MR) is 98.4 cm³/mol. The summed E-state index contributed by atoms with van der Waals surface area (Å²) in [5.74, 6) is 0. The first-order valence-corrected chi connectivity index (χ1v) is 9.86. The van der Waals surface area contributed by atoms with Crippen LogP contribution >= 0.6 is 22.9 Å². The van der Waals surface area contributed by atoms with Gasteiger partial charge in [0.1, 0.15) is 9.90 Å². The van der Waals surface area contributed by atoms with Gasteiger partial charge in [-0.2, -0.15) is 5.10 Å². The summed E-state index contributed by atoms with van der Waals surface area (Å²) in [6.45, 7) is 5.77. The van der Waals surface area contributed by atoms with E-state index in [1.54, 1.807) is 30.3 Å². The first-order chi connectivity index (χ1) is 11.3. The zero-order valence-corrected chi connectivity index (χ0v) is 15.7. The molecule has 1 aromatic carbocycles. The topological polar surface area (TPSA) is 74.8 Å². The van der Waals surface area contributed by atoms with E-state index in [4.69, 9.17) is 11.6 Å². The lowest BCUT2D eigenvalue weighted by atomic mass is 10.2. The highest BCUT2D eigenvalue weighted by Crippen LogP contribution is 2.34. The molecule has 0 aliphatic rings. The number of aromatic nitrogens is 2. The van der Waals surface area contributed by atoms with Gasteiger partial charge < -0.3 is 0 Å². The predicted octanol–water partition coefficient (Wildman–Crippen LogP) is 4.52. The summed E-state index contributed by atoms with van der Waals surface area (Å²) in [6.07, 6.45) is 0. The molecule has 0 saturated heterocycles. The van der Waals surface area contributed by atoms with Gasteiger partial charge in [0, 0.05) is 5.69 Å². The van der Waals surface area contributed by atoms with Gasteiger partial charge in [0.15, 0.2) is 0 Å². The van der Waals surface area contributed by atoms with E-state index in [2.05, 4.69) is 14.9 Å². The number of rotatable bonds is 4. The average Bonchev–Trinajstić information content (AvgIpc) is 3.11. The van der Waals surface area contributed by atoms with Crippen molar-refractivity contribution in [1.82, 2.24) is 10.2 Å². The van der Waals surface area contributed by atoms with Gasteiger partial charge in [0.25, 0.3) is 10.0 Å². The average molecular weight is 382 g/mol.